The number of anilines is 1. The summed E-state index contributed by atoms with van der Waals surface area (Å²) < 4.78 is 5.24. The van der Waals surface area contributed by atoms with Crippen LogP contribution in [0.2, 0.25) is 0 Å². The number of carbonyl (C=O) groups is 1. The Bertz CT molecular complexity index is 1100. The molecule has 0 fully saturated rings. The summed E-state index contributed by atoms with van der Waals surface area (Å²) in [7, 11) is 1.59. The zero-order valence-corrected chi connectivity index (χ0v) is 21.1. The molecule has 0 aliphatic carbocycles. The molecule has 35 heavy (non-hydrogen) atoms. The molecule has 1 aromatic heterocycles. The molecule has 0 bridgehead atoms. The molecule has 1 aliphatic rings. The summed E-state index contributed by atoms with van der Waals surface area (Å²) in [4.78, 5) is 21.8. The number of aromatic nitrogens is 1. The fraction of sp³-hybridized carbons (Fsp3) is 0.400. The van der Waals surface area contributed by atoms with E-state index in [2.05, 4.69) is 59.3 Å². The molecule has 4 rings (SSSR count). The zero-order valence-electron chi connectivity index (χ0n) is 21.1. The SMILES string of the molecule is COCC(=O)N1CCCCCCCN(Cc2cccc(C)c2)Cc2cc(-c3ccncc3)ccc21. The van der Waals surface area contributed by atoms with Crippen molar-refractivity contribution in [1.82, 2.24) is 9.88 Å². The van der Waals surface area contributed by atoms with E-state index in [4.69, 9.17) is 4.74 Å². The second-order valence-electron chi connectivity index (χ2n) is 9.53. The molecule has 1 aliphatic heterocycles. The number of carbonyl (C=O) groups excluding carboxylic acids is 1. The van der Waals surface area contributed by atoms with Gasteiger partial charge in [-0.2, -0.15) is 0 Å². The molecule has 0 N–H and O–H groups in total. The third-order valence-electron chi connectivity index (χ3n) is 6.69. The first-order valence-electron chi connectivity index (χ1n) is 12.7. The Morgan fingerprint density at radius 3 is 2.46 bits per heavy atom. The molecule has 0 spiro atoms. The van der Waals surface area contributed by atoms with Gasteiger partial charge in [0.15, 0.2) is 0 Å². The van der Waals surface area contributed by atoms with Crippen LogP contribution in [0.1, 0.15) is 48.8 Å². The Morgan fingerprint density at radius 1 is 0.914 bits per heavy atom. The van der Waals surface area contributed by atoms with Crippen LogP contribution in [0.5, 0.6) is 0 Å². The average molecular weight is 472 g/mol. The number of rotatable bonds is 5. The normalized spacial score (nSPS) is 15.7. The monoisotopic (exact) mass is 471 g/mol. The number of pyridine rings is 1. The van der Waals surface area contributed by atoms with E-state index < -0.39 is 0 Å². The van der Waals surface area contributed by atoms with E-state index in [0.29, 0.717) is 0 Å². The highest BCUT2D eigenvalue weighted by atomic mass is 16.5. The molecule has 0 atom stereocenters. The molecular formula is C30H37N3O2. The van der Waals surface area contributed by atoms with Crippen molar-refractivity contribution in [1.29, 1.82) is 0 Å². The van der Waals surface area contributed by atoms with Gasteiger partial charge in [-0.3, -0.25) is 14.7 Å². The van der Waals surface area contributed by atoms with E-state index in [-0.39, 0.29) is 12.5 Å². The van der Waals surface area contributed by atoms with Gasteiger partial charge in [0.2, 0.25) is 0 Å². The number of methoxy groups -OCH3 is 1. The number of hydrogen-bond donors (Lipinski definition) is 0. The molecule has 1 amide bonds. The minimum absolute atomic E-state index is 0.0210. The summed E-state index contributed by atoms with van der Waals surface area (Å²) in [5.74, 6) is 0.0210. The minimum atomic E-state index is 0.0210. The molecule has 0 unspecified atom stereocenters. The van der Waals surface area contributed by atoms with Gasteiger partial charge in [-0.05, 0) is 72.8 Å². The summed E-state index contributed by atoms with van der Waals surface area (Å²) in [6.07, 6.45) is 9.42. The van der Waals surface area contributed by atoms with Crippen LogP contribution in [0.15, 0.2) is 67.0 Å². The molecule has 5 nitrogen and oxygen atoms in total. The van der Waals surface area contributed by atoms with Gasteiger partial charge in [0.25, 0.3) is 5.91 Å². The van der Waals surface area contributed by atoms with Gasteiger partial charge < -0.3 is 9.64 Å². The van der Waals surface area contributed by atoms with Gasteiger partial charge in [0.1, 0.15) is 6.61 Å². The quantitative estimate of drug-likeness (QED) is 0.458. The largest absolute Gasteiger partial charge is 0.375 e. The summed E-state index contributed by atoms with van der Waals surface area (Å²) in [6, 6.07) is 19.4. The lowest BCUT2D eigenvalue weighted by molar-refractivity contribution is -0.122. The Hall–Kier alpha value is -3.02. The van der Waals surface area contributed by atoms with Crippen LogP contribution in [0.25, 0.3) is 11.1 Å². The molecule has 5 heteroatoms. The van der Waals surface area contributed by atoms with E-state index in [9.17, 15) is 4.79 Å². The minimum Gasteiger partial charge on any atom is -0.375 e. The molecule has 2 heterocycles. The Morgan fingerprint density at radius 2 is 1.69 bits per heavy atom. The standard InChI is InChI=1S/C30H37N3O2/c1-24-9-8-10-25(19-24)21-32-17-6-4-3-5-7-18-33(30(34)23-35-2)29-12-11-27(20-28(29)22-32)26-13-15-31-16-14-26/h8-16,19-20H,3-7,17-18,21-23H2,1-2H3. The molecule has 0 radical (unpaired) electrons. The number of fused-ring (bicyclic) bond motifs is 1. The van der Waals surface area contributed by atoms with Gasteiger partial charge >= 0.3 is 0 Å². The third-order valence-corrected chi connectivity index (χ3v) is 6.69. The van der Waals surface area contributed by atoms with E-state index in [0.717, 1.165) is 55.8 Å². The van der Waals surface area contributed by atoms with E-state index >= 15 is 0 Å². The van der Waals surface area contributed by atoms with Crippen molar-refractivity contribution in [3.05, 3.63) is 83.7 Å². The van der Waals surface area contributed by atoms with Crippen LogP contribution in [-0.4, -0.2) is 42.6 Å². The molecule has 2 aromatic carbocycles. The summed E-state index contributed by atoms with van der Waals surface area (Å²) in [6.45, 7) is 5.69. The van der Waals surface area contributed by atoms with Crippen molar-refractivity contribution >= 4 is 11.6 Å². The van der Waals surface area contributed by atoms with Crippen LogP contribution in [0.3, 0.4) is 0 Å². The molecule has 0 saturated carbocycles. The lowest BCUT2D eigenvalue weighted by Crippen LogP contribution is -2.36. The summed E-state index contributed by atoms with van der Waals surface area (Å²) in [5.41, 5.74) is 7.07. The lowest BCUT2D eigenvalue weighted by Gasteiger charge is -2.30. The van der Waals surface area contributed by atoms with Gasteiger partial charge in [-0.25, -0.2) is 0 Å². The Labute approximate surface area is 209 Å². The van der Waals surface area contributed by atoms with Crippen LogP contribution < -0.4 is 4.90 Å². The van der Waals surface area contributed by atoms with Gasteiger partial charge in [-0.1, -0.05) is 55.2 Å². The molecule has 3 aromatic rings. The van der Waals surface area contributed by atoms with E-state index in [1.165, 1.54) is 36.0 Å². The third kappa shape index (κ3) is 7.00. The maximum atomic E-state index is 13.1. The van der Waals surface area contributed by atoms with Crippen molar-refractivity contribution in [2.45, 2.75) is 52.1 Å². The van der Waals surface area contributed by atoms with Crippen molar-refractivity contribution in [2.24, 2.45) is 0 Å². The van der Waals surface area contributed by atoms with Crippen LogP contribution in [0, 0.1) is 6.92 Å². The zero-order chi connectivity index (χ0) is 24.5. The number of ether oxygens (including phenoxy) is 1. The average Bonchev–Trinajstić information content (AvgIpc) is 2.86. The van der Waals surface area contributed by atoms with Crippen LogP contribution in [0.4, 0.5) is 5.69 Å². The predicted octanol–water partition coefficient (Wildman–Crippen LogP) is 6.00. The predicted molar refractivity (Wildman–Crippen MR) is 142 cm³/mol. The maximum Gasteiger partial charge on any atom is 0.252 e. The highest BCUT2D eigenvalue weighted by Gasteiger charge is 2.21. The van der Waals surface area contributed by atoms with Crippen LogP contribution >= 0.6 is 0 Å². The number of amides is 1. The van der Waals surface area contributed by atoms with Gasteiger partial charge in [0, 0.05) is 44.8 Å². The van der Waals surface area contributed by atoms with Gasteiger partial charge in [0.05, 0.1) is 0 Å². The molecular weight excluding hydrogens is 434 g/mol. The number of hydrogen-bond acceptors (Lipinski definition) is 4. The van der Waals surface area contributed by atoms with Crippen molar-refractivity contribution in [2.75, 3.05) is 31.7 Å². The highest BCUT2D eigenvalue weighted by Crippen LogP contribution is 2.30. The smallest absolute Gasteiger partial charge is 0.252 e. The van der Waals surface area contributed by atoms with Crippen molar-refractivity contribution in [3.8, 4) is 11.1 Å². The van der Waals surface area contributed by atoms with Crippen molar-refractivity contribution in [3.63, 3.8) is 0 Å². The van der Waals surface area contributed by atoms with E-state index in [1.54, 1.807) is 7.11 Å². The van der Waals surface area contributed by atoms with Gasteiger partial charge in [-0.15, -0.1) is 0 Å². The lowest BCUT2D eigenvalue weighted by atomic mass is 10.0. The first-order chi connectivity index (χ1) is 17.1. The second kappa shape index (κ2) is 12.6. The fourth-order valence-electron chi connectivity index (χ4n) is 4.94. The second-order valence-corrected chi connectivity index (χ2v) is 9.53. The Kier molecular flexibility index (Phi) is 9.04. The van der Waals surface area contributed by atoms with E-state index in [1.807, 2.05) is 29.4 Å². The first-order valence-corrected chi connectivity index (χ1v) is 12.7. The summed E-state index contributed by atoms with van der Waals surface area (Å²) >= 11 is 0. The number of aryl methyl sites for hydroxylation is 1. The van der Waals surface area contributed by atoms with Crippen LogP contribution in [-0.2, 0) is 22.6 Å². The number of benzene rings is 2. The topological polar surface area (TPSA) is 45.7 Å². The summed E-state index contributed by atoms with van der Waals surface area (Å²) in [5, 5.41) is 0. The molecule has 184 valence electrons. The number of nitrogens with zero attached hydrogens (tertiary/aromatic N) is 3. The highest BCUT2D eigenvalue weighted by molar-refractivity contribution is 5.95. The Balaban J connectivity index is 1.73. The maximum absolute atomic E-state index is 13.1. The fourth-order valence-corrected chi connectivity index (χ4v) is 4.94. The first kappa shape index (κ1) is 25.1. The molecule has 0 saturated heterocycles. The van der Waals surface area contributed by atoms with Crippen molar-refractivity contribution < 1.29 is 9.53 Å².